The number of amides is 1. The highest BCUT2D eigenvalue weighted by atomic mass is 16.5. The molecule has 1 aliphatic carbocycles. The summed E-state index contributed by atoms with van der Waals surface area (Å²) >= 11 is 0. The fourth-order valence-corrected chi connectivity index (χ4v) is 3.89. The Balaban J connectivity index is 1.54. The number of carbonyl (C=O) groups is 2. The average molecular weight is 402 g/mol. The van der Waals surface area contributed by atoms with Gasteiger partial charge in [-0.25, -0.2) is 0 Å². The van der Waals surface area contributed by atoms with Crippen molar-refractivity contribution in [1.82, 2.24) is 9.88 Å². The maximum Gasteiger partial charge on any atom is 0.309 e. The van der Waals surface area contributed by atoms with Gasteiger partial charge in [-0.05, 0) is 42.7 Å². The predicted octanol–water partition coefficient (Wildman–Crippen LogP) is 4.12. The van der Waals surface area contributed by atoms with E-state index < -0.39 is 0 Å². The Morgan fingerprint density at radius 3 is 2.63 bits per heavy atom. The molecule has 2 aromatic carbocycles. The predicted molar refractivity (Wildman–Crippen MR) is 116 cm³/mol. The van der Waals surface area contributed by atoms with Gasteiger partial charge < -0.3 is 9.64 Å². The molecule has 5 nitrogen and oxygen atoms in total. The van der Waals surface area contributed by atoms with Gasteiger partial charge in [-0.3, -0.25) is 14.6 Å². The second-order valence-electron chi connectivity index (χ2n) is 7.72. The number of nitrogens with zero attached hydrogens (tertiary/aromatic N) is 2. The summed E-state index contributed by atoms with van der Waals surface area (Å²) in [7, 11) is 0. The topological polar surface area (TPSA) is 59.5 Å². The first-order chi connectivity index (χ1) is 14.7. The van der Waals surface area contributed by atoms with E-state index in [1.54, 1.807) is 6.20 Å². The molecule has 30 heavy (non-hydrogen) atoms. The number of pyridine rings is 1. The highest BCUT2D eigenvalue weighted by Crippen LogP contribution is 2.40. The lowest BCUT2D eigenvalue weighted by atomic mass is 10.1. The van der Waals surface area contributed by atoms with Crippen LogP contribution in [0.4, 0.5) is 0 Å². The van der Waals surface area contributed by atoms with Gasteiger partial charge in [0, 0.05) is 24.7 Å². The number of aromatic nitrogens is 1. The van der Waals surface area contributed by atoms with E-state index in [4.69, 9.17) is 4.74 Å². The molecule has 0 N–H and O–H groups in total. The molecule has 1 amide bonds. The molecular formula is C25H26N2O3. The van der Waals surface area contributed by atoms with Gasteiger partial charge in [-0.15, -0.1) is 0 Å². The Morgan fingerprint density at radius 2 is 1.83 bits per heavy atom. The zero-order valence-electron chi connectivity index (χ0n) is 17.2. The summed E-state index contributed by atoms with van der Waals surface area (Å²) in [5.74, 6) is -0.185. The fraction of sp³-hybridized carbons (Fsp3) is 0.320. The van der Waals surface area contributed by atoms with E-state index in [1.165, 1.54) is 5.56 Å². The second kappa shape index (κ2) is 9.08. The quantitative estimate of drug-likeness (QED) is 0.532. The van der Waals surface area contributed by atoms with Crippen LogP contribution in [0, 0.1) is 11.8 Å². The van der Waals surface area contributed by atoms with Gasteiger partial charge >= 0.3 is 5.97 Å². The lowest BCUT2D eigenvalue weighted by Crippen LogP contribution is -2.36. The van der Waals surface area contributed by atoms with Gasteiger partial charge in [-0.1, -0.05) is 54.6 Å². The summed E-state index contributed by atoms with van der Waals surface area (Å²) in [5, 5.41) is 1.85. The zero-order valence-corrected chi connectivity index (χ0v) is 17.2. The minimum atomic E-state index is -0.152. The number of carbonyl (C=O) groups excluding carboxylic acids is 2. The molecule has 1 aromatic heterocycles. The number of fused-ring (bicyclic) bond motifs is 1. The van der Waals surface area contributed by atoms with Crippen molar-refractivity contribution in [2.75, 3.05) is 19.7 Å². The summed E-state index contributed by atoms with van der Waals surface area (Å²) < 4.78 is 5.15. The molecule has 1 saturated carbocycles. The molecule has 3 aromatic rings. The third-order valence-corrected chi connectivity index (χ3v) is 5.64. The number of hydrogen-bond donors (Lipinski definition) is 0. The third-order valence-electron chi connectivity index (χ3n) is 5.64. The van der Waals surface area contributed by atoms with Crippen molar-refractivity contribution in [3.05, 3.63) is 78.1 Å². The first-order valence-corrected chi connectivity index (χ1v) is 10.5. The van der Waals surface area contributed by atoms with Crippen LogP contribution in [-0.2, 0) is 16.0 Å². The van der Waals surface area contributed by atoms with Gasteiger partial charge in [0.2, 0.25) is 0 Å². The molecule has 4 rings (SSSR count). The van der Waals surface area contributed by atoms with Crippen LogP contribution in [0.5, 0.6) is 0 Å². The Morgan fingerprint density at radius 1 is 1.07 bits per heavy atom. The zero-order chi connectivity index (χ0) is 20.9. The lowest BCUT2D eigenvalue weighted by molar-refractivity contribution is -0.145. The number of esters is 1. The minimum absolute atomic E-state index is 0.0859. The summed E-state index contributed by atoms with van der Waals surface area (Å²) in [6, 6.07) is 19.8. The van der Waals surface area contributed by atoms with Crippen molar-refractivity contribution in [2.45, 2.75) is 19.8 Å². The molecule has 1 fully saturated rings. The standard InChI is InChI=1S/C25H26N2O3/c1-2-30-25(29)22-16-20(22)17-27(15-13-18-8-4-3-5-9-18)24(28)23-21-11-7-6-10-19(21)12-14-26-23/h3-12,14,20,22H,2,13,15-17H2,1H3/t20-,22+/m0/s1. The summed E-state index contributed by atoms with van der Waals surface area (Å²) in [6.07, 6.45) is 3.22. The first kappa shape index (κ1) is 20.1. The van der Waals surface area contributed by atoms with E-state index >= 15 is 0 Å². The van der Waals surface area contributed by atoms with Crippen LogP contribution in [0.25, 0.3) is 10.8 Å². The highest BCUT2D eigenvalue weighted by Gasteiger charge is 2.45. The maximum atomic E-state index is 13.5. The molecule has 0 spiro atoms. The van der Waals surface area contributed by atoms with E-state index in [1.807, 2.05) is 60.4 Å². The SMILES string of the molecule is CCOC(=O)[C@@H]1C[C@H]1CN(CCc1ccccc1)C(=O)c1nccc2ccccc12. The molecular weight excluding hydrogens is 376 g/mol. The van der Waals surface area contributed by atoms with Crippen LogP contribution in [0.15, 0.2) is 66.9 Å². The van der Waals surface area contributed by atoms with Crippen molar-refractivity contribution in [3.8, 4) is 0 Å². The van der Waals surface area contributed by atoms with Crippen molar-refractivity contribution in [3.63, 3.8) is 0 Å². The Bertz CT molecular complexity index is 1030. The average Bonchev–Trinajstić information content (AvgIpc) is 3.56. The normalized spacial score (nSPS) is 17.5. The molecule has 1 aliphatic rings. The molecule has 0 radical (unpaired) electrons. The van der Waals surface area contributed by atoms with E-state index in [2.05, 4.69) is 17.1 Å². The van der Waals surface area contributed by atoms with Gasteiger partial charge in [0.1, 0.15) is 5.69 Å². The van der Waals surface area contributed by atoms with Crippen LogP contribution >= 0.6 is 0 Å². The molecule has 2 atom stereocenters. The van der Waals surface area contributed by atoms with Crippen molar-refractivity contribution >= 4 is 22.6 Å². The van der Waals surface area contributed by atoms with E-state index in [0.717, 1.165) is 23.6 Å². The molecule has 0 aliphatic heterocycles. The van der Waals surface area contributed by atoms with Crippen LogP contribution < -0.4 is 0 Å². The maximum absolute atomic E-state index is 13.5. The van der Waals surface area contributed by atoms with E-state index in [-0.39, 0.29) is 23.7 Å². The molecule has 0 bridgehead atoms. The van der Waals surface area contributed by atoms with Crippen molar-refractivity contribution in [2.24, 2.45) is 11.8 Å². The van der Waals surface area contributed by atoms with Gasteiger partial charge in [0.25, 0.3) is 5.91 Å². The smallest absolute Gasteiger partial charge is 0.309 e. The number of benzene rings is 2. The number of ether oxygens (including phenoxy) is 1. The van der Waals surface area contributed by atoms with Crippen LogP contribution in [0.1, 0.15) is 29.4 Å². The molecule has 154 valence electrons. The third kappa shape index (κ3) is 4.51. The number of hydrogen-bond acceptors (Lipinski definition) is 4. The minimum Gasteiger partial charge on any atom is -0.466 e. The Hall–Kier alpha value is -3.21. The Kier molecular flexibility index (Phi) is 6.07. The molecule has 0 unspecified atom stereocenters. The van der Waals surface area contributed by atoms with Crippen molar-refractivity contribution < 1.29 is 14.3 Å². The van der Waals surface area contributed by atoms with E-state index in [0.29, 0.717) is 25.4 Å². The van der Waals surface area contributed by atoms with Gasteiger partial charge in [0.05, 0.1) is 12.5 Å². The summed E-state index contributed by atoms with van der Waals surface area (Å²) in [4.78, 5) is 31.8. The monoisotopic (exact) mass is 402 g/mol. The van der Waals surface area contributed by atoms with Gasteiger partial charge in [-0.2, -0.15) is 0 Å². The van der Waals surface area contributed by atoms with E-state index in [9.17, 15) is 9.59 Å². The highest BCUT2D eigenvalue weighted by molar-refractivity contribution is 6.05. The van der Waals surface area contributed by atoms with Crippen LogP contribution in [-0.4, -0.2) is 41.5 Å². The second-order valence-corrected chi connectivity index (χ2v) is 7.72. The molecule has 0 saturated heterocycles. The molecule has 1 heterocycles. The lowest BCUT2D eigenvalue weighted by Gasteiger charge is -2.23. The molecule has 5 heteroatoms. The summed E-state index contributed by atoms with van der Waals surface area (Å²) in [6.45, 7) is 3.33. The summed E-state index contributed by atoms with van der Waals surface area (Å²) in [5.41, 5.74) is 1.65. The van der Waals surface area contributed by atoms with Gasteiger partial charge in [0.15, 0.2) is 0 Å². The number of rotatable bonds is 8. The van der Waals surface area contributed by atoms with Crippen molar-refractivity contribution in [1.29, 1.82) is 0 Å². The fourth-order valence-electron chi connectivity index (χ4n) is 3.89. The van der Waals surface area contributed by atoms with Crippen LogP contribution in [0.3, 0.4) is 0 Å². The largest absolute Gasteiger partial charge is 0.466 e. The van der Waals surface area contributed by atoms with Crippen LogP contribution in [0.2, 0.25) is 0 Å². The first-order valence-electron chi connectivity index (χ1n) is 10.5. The Labute approximate surface area is 176 Å².